The summed E-state index contributed by atoms with van der Waals surface area (Å²) in [7, 11) is 1.27. The number of hydrogen-bond donors (Lipinski definition) is 1. The molecule has 0 radical (unpaired) electrons. The van der Waals surface area contributed by atoms with Crippen molar-refractivity contribution in [1.82, 2.24) is 0 Å². The third-order valence-corrected chi connectivity index (χ3v) is 3.55. The molecule has 9 nitrogen and oxygen atoms in total. The lowest BCUT2D eigenvalue weighted by molar-refractivity contribution is -0.385. The zero-order chi connectivity index (χ0) is 20.0. The van der Waals surface area contributed by atoms with Gasteiger partial charge in [-0.05, 0) is 43.3 Å². The quantitative estimate of drug-likeness (QED) is 0.470. The highest BCUT2D eigenvalue weighted by atomic mass is 16.6. The molecule has 0 aliphatic carbocycles. The number of esters is 1. The second-order valence-electron chi connectivity index (χ2n) is 5.37. The second kappa shape index (κ2) is 8.44. The number of carbonyl (C=O) groups excluding carboxylic acids is 2. The molecule has 0 unspecified atom stereocenters. The Bertz CT molecular complexity index is 918. The molecule has 2 aromatic carbocycles. The number of nitro groups is 1. The maximum Gasteiger partial charge on any atom is 0.339 e. The van der Waals surface area contributed by atoms with Crippen LogP contribution in [0.3, 0.4) is 0 Å². The molecule has 0 spiro atoms. The third kappa shape index (κ3) is 4.79. The number of hydrogen-bond acceptors (Lipinski definition) is 7. The van der Waals surface area contributed by atoms with Crippen molar-refractivity contribution in [3.8, 4) is 11.8 Å². The molecule has 1 N–H and O–H groups in total. The van der Waals surface area contributed by atoms with Gasteiger partial charge in [-0.3, -0.25) is 14.9 Å². The molecule has 9 heteroatoms. The lowest BCUT2D eigenvalue weighted by Gasteiger charge is -2.14. The molecular weight excluding hydrogens is 354 g/mol. The molecule has 1 amide bonds. The Morgan fingerprint density at radius 3 is 2.44 bits per heavy atom. The maximum absolute atomic E-state index is 12.2. The highest BCUT2D eigenvalue weighted by Gasteiger charge is 2.22. The van der Waals surface area contributed by atoms with Crippen molar-refractivity contribution in [3.05, 3.63) is 63.7 Å². The van der Waals surface area contributed by atoms with Gasteiger partial charge in [-0.15, -0.1) is 0 Å². The van der Waals surface area contributed by atoms with Gasteiger partial charge < -0.3 is 14.8 Å². The van der Waals surface area contributed by atoms with Gasteiger partial charge in [0.15, 0.2) is 11.9 Å². The minimum atomic E-state index is -1.14. The van der Waals surface area contributed by atoms with Crippen LogP contribution in [0.2, 0.25) is 0 Å². The van der Waals surface area contributed by atoms with E-state index in [2.05, 4.69) is 5.32 Å². The van der Waals surface area contributed by atoms with Gasteiger partial charge in [-0.1, -0.05) is 0 Å². The smallest absolute Gasteiger partial charge is 0.339 e. The van der Waals surface area contributed by atoms with E-state index >= 15 is 0 Å². The first-order valence-corrected chi connectivity index (χ1v) is 7.70. The van der Waals surface area contributed by atoms with Gasteiger partial charge in [0.1, 0.15) is 0 Å². The number of amides is 1. The van der Waals surface area contributed by atoms with E-state index in [-0.39, 0.29) is 17.0 Å². The number of anilines is 1. The standard InChI is InChI=1S/C18H15N3O6/c1-11(17(22)20-14-6-3-12(10-19)4-7-14)27-18(23)13-5-8-16(26-2)15(9-13)21(24)25/h3-9,11H,1-2H3,(H,20,22)/t11-/m0/s1. The molecule has 0 aromatic heterocycles. The van der Waals surface area contributed by atoms with Crippen LogP contribution < -0.4 is 10.1 Å². The van der Waals surface area contributed by atoms with Crippen LogP contribution >= 0.6 is 0 Å². The predicted octanol–water partition coefficient (Wildman–Crippen LogP) is 2.66. The number of nitro benzene ring substituents is 1. The first-order chi connectivity index (χ1) is 12.8. The van der Waals surface area contributed by atoms with Crippen molar-refractivity contribution in [2.45, 2.75) is 13.0 Å². The molecule has 0 saturated carbocycles. The number of ether oxygens (including phenoxy) is 2. The molecule has 0 heterocycles. The number of methoxy groups -OCH3 is 1. The number of nitrogens with zero attached hydrogens (tertiary/aromatic N) is 2. The van der Waals surface area contributed by atoms with E-state index in [1.54, 1.807) is 0 Å². The molecule has 0 fully saturated rings. The predicted molar refractivity (Wildman–Crippen MR) is 94.3 cm³/mol. The molecule has 0 aliphatic heterocycles. The maximum atomic E-state index is 12.2. The zero-order valence-corrected chi connectivity index (χ0v) is 14.5. The summed E-state index contributed by atoms with van der Waals surface area (Å²) >= 11 is 0. The van der Waals surface area contributed by atoms with Crippen molar-refractivity contribution in [3.63, 3.8) is 0 Å². The van der Waals surface area contributed by atoms with Crippen LogP contribution in [0.4, 0.5) is 11.4 Å². The minimum Gasteiger partial charge on any atom is -0.490 e. The Labute approximate surface area is 154 Å². The number of nitriles is 1. The van der Waals surface area contributed by atoms with E-state index < -0.39 is 22.9 Å². The molecule has 1 atom stereocenters. The Hall–Kier alpha value is -3.93. The lowest BCUT2D eigenvalue weighted by atomic mass is 10.2. The van der Waals surface area contributed by atoms with Gasteiger partial charge in [-0.25, -0.2) is 4.79 Å². The Morgan fingerprint density at radius 1 is 1.22 bits per heavy atom. The highest BCUT2D eigenvalue weighted by Crippen LogP contribution is 2.27. The number of carbonyl (C=O) groups is 2. The first-order valence-electron chi connectivity index (χ1n) is 7.70. The SMILES string of the molecule is COc1ccc(C(=O)O[C@@H](C)C(=O)Nc2ccc(C#N)cc2)cc1[N+](=O)[O-]. The van der Waals surface area contributed by atoms with Crippen LogP contribution in [-0.2, 0) is 9.53 Å². The first kappa shape index (κ1) is 19.4. The van der Waals surface area contributed by atoms with Crippen molar-refractivity contribution < 1.29 is 24.0 Å². The molecule has 138 valence electrons. The van der Waals surface area contributed by atoms with Gasteiger partial charge in [0.05, 0.1) is 29.2 Å². The summed E-state index contributed by atoms with van der Waals surface area (Å²) in [6.45, 7) is 1.37. The molecule has 0 saturated heterocycles. The average Bonchev–Trinajstić information content (AvgIpc) is 2.67. The number of benzene rings is 2. The van der Waals surface area contributed by atoms with Crippen molar-refractivity contribution in [1.29, 1.82) is 5.26 Å². The summed E-state index contributed by atoms with van der Waals surface area (Å²) < 4.78 is 9.92. The average molecular weight is 369 g/mol. The van der Waals surface area contributed by atoms with Crippen molar-refractivity contribution in [2.24, 2.45) is 0 Å². The Kier molecular flexibility index (Phi) is 6.06. The molecule has 2 aromatic rings. The third-order valence-electron chi connectivity index (χ3n) is 3.55. The van der Waals surface area contributed by atoms with Gasteiger partial charge in [0.2, 0.25) is 0 Å². The van der Waals surface area contributed by atoms with E-state index in [0.717, 1.165) is 6.07 Å². The van der Waals surface area contributed by atoms with Crippen LogP contribution in [0.5, 0.6) is 5.75 Å². The molecule has 0 aliphatic rings. The van der Waals surface area contributed by atoms with Gasteiger partial charge >= 0.3 is 11.7 Å². The van der Waals surface area contributed by atoms with E-state index in [4.69, 9.17) is 14.7 Å². The van der Waals surface area contributed by atoms with E-state index in [9.17, 15) is 19.7 Å². The highest BCUT2D eigenvalue weighted by molar-refractivity contribution is 5.97. The van der Waals surface area contributed by atoms with Crippen LogP contribution in [0.15, 0.2) is 42.5 Å². The van der Waals surface area contributed by atoms with Crippen LogP contribution in [0, 0.1) is 21.4 Å². The van der Waals surface area contributed by atoms with Crippen molar-refractivity contribution in [2.75, 3.05) is 12.4 Å². The zero-order valence-electron chi connectivity index (χ0n) is 14.5. The van der Waals surface area contributed by atoms with E-state index in [1.807, 2.05) is 6.07 Å². The normalized spacial score (nSPS) is 11.0. The second-order valence-corrected chi connectivity index (χ2v) is 5.37. The van der Waals surface area contributed by atoms with Crippen LogP contribution in [-0.4, -0.2) is 30.0 Å². The van der Waals surface area contributed by atoms with Gasteiger partial charge in [0, 0.05) is 11.8 Å². The number of nitrogens with one attached hydrogen (secondary N) is 1. The molecule has 27 heavy (non-hydrogen) atoms. The van der Waals surface area contributed by atoms with Gasteiger partial charge in [-0.2, -0.15) is 5.26 Å². The fourth-order valence-electron chi connectivity index (χ4n) is 2.11. The summed E-state index contributed by atoms with van der Waals surface area (Å²) in [5.41, 5.74) is 0.401. The summed E-state index contributed by atoms with van der Waals surface area (Å²) in [5.74, 6) is -1.47. The molecular formula is C18H15N3O6. The Balaban J connectivity index is 2.05. The largest absolute Gasteiger partial charge is 0.490 e. The number of rotatable bonds is 6. The summed E-state index contributed by atoms with van der Waals surface area (Å²) in [4.78, 5) is 34.6. The summed E-state index contributed by atoms with van der Waals surface area (Å²) in [6, 6.07) is 11.7. The fourth-order valence-corrected chi connectivity index (χ4v) is 2.11. The minimum absolute atomic E-state index is 0.00292. The monoisotopic (exact) mass is 369 g/mol. The van der Waals surface area contributed by atoms with Crippen LogP contribution in [0.1, 0.15) is 22.8 Å². The topological polar surface area (TPSA) is 132 Å². The lowest BCUT2D eigenvalue weighted by Crippen LogP contribution is -2.30. The van der Waals surface area contributed by atoms with Crippen molar-refractivity contribution >= 4 is 23.3 Å². The van der Waals surface area contributed by atoms with Gasteiger partial charge in [0.25, 0.3) is 5.91 Å². The molecule has 2 rings (SSSR count). The Morgan fingerprint density at radius 2 is 1.89 bits per heavy atom. The molecule has 0 bridgehead atoms. The fraction of sp³-hybridized carbons (Fsp3) is 0.167. The van der Waals surface area contributed by atoms with E-state index in [0.29, 0.717) is 11.3 Å². The van der Waals surface area contributed by atoms with Crippen LogP contribution in [0.25, 0.3) is 0 Å². The summed E-state index contributed by atoms with van der Waals surface area (Å²) in [6.07, 6.45) is -1.14. The van der Waals surface area contributed by atoms with E-state index in [1.165, 1.54) is 50.4 Å². The summed E-state index contributed by atoms with van der Waals surface area (Å²) in [5, 5.41) is 22.3.